The predicted molar refractivity (Wildman–Crippen MR) is 147 cm³/mol. The summed E-state index contributed by atoms with van der Waals surface area (Å²) < 4.78 is 70.7. The van der Waals surface area contributed by atoms with Gasteiger partial charge in [0.15, 0.2) is 0 Å². The Bertz CT molecular complexity index is 1310. The Labute approximate surface area is 240 Å². The number of halogens is 6. The molecule has 2 unspecified atom stereocenters. The van der Waals surface area contributed by atoms with Gasteiger partial charge in [-0.15, -0.1) is 0 Å². The number of amides is 3. The number of nitrogens with one attached hydrogen (secondary N) is 2. The van der Waals surface area contributed by atoms with E-state index in [2.05, 4.69) is 15.6 Å². The minimum Gasteiger partial charge on any atom is -0.370 e. The van der Waals surface area contributed by atoms with Gasteiger partial charge >= 0.3 is 12.4 Å². The van der Waals surface area contributed by atoms with E-state index >= 15 is 0 Å². The van der Waals surface area contributed by atoms with E-state index in [1.807, 2.05) is 63.2 Å². The lowest BCUT2D eigenvalue weighted by atomic mass is 9.93. The molecule has 0 saturated carbocycles. The summed E-state index contributed by atoms with van der Waals surface area (Å²) in [6.45, 7) is 6.94. The van der Waals surface area contributed by atoms with Crippen LogP contribution in [0.5, 0.6) is 0 Å². The molecule has 2 aromatic rings. The van der Waals surface area contributed by atoms with Crippen molar-refractivity contribution in [2.24, 2.45) is 16.6 Å². The first-order valence-electron chi connectivity index (χ1n) is 13.2. The number of benzodiazepines with no additional fused rings is 1. The number of benzene rings is 2. The quantitative estimate of drug-likeness (QED) is 0.316. The number of nitrogens with two attached hydrogens (primary N) is 1. The first-order valence-corrected chi connectivity index (χ1v) is 13.2. The Kier molecular flexibility index (Phi) is 11.7. The summed E-state index contributed by atoms with van der Waals surface area (Å²) in [4.78, 5) is 42.1. The molecule has 2 aromatic carbocycles. The molecule has 0 saturated heterocycles. The molecular weight excluding hydrogens is 566 g/mol. The number of para-hydroxylation sites is 1. The number of carbonyl (C=O) groups excluding carboxylic acids is 3. The summed E-state index contributed by atoms with van der Waals surface area (Å²) in [5, 5.41) is 5.27. The molecule has 13 heteroatoms. The van der Waals surface area contributed by atoms with Crippen LogP contribution < -0.4 is 16.4 Å². The normalized spacial score (nSPS) is 15.8. The smallest absolute Gasteiger partial charge is 0.370 e. The number of hydrogen-bond donors (Lipinski definition) is 3. The zero-order valence-corrected chi connectivity index (χ0v) is 23.6. The Morgan fingerprint density at radius 3 is 2.19 bits per heavy atom. The fraction of sp³-hybridized carbons (Fsp3) is 0.448. The lowest BCUT2D eigenvalue weighted by Gasteiger charge is -2.20. The van der Waals surface area contributed by atoms with E-state index in [1.54, 1.807) is 0 Å². The molecule has 0 aromatic heterocycles. The molecule has 0 bridgehead atoms. The van der Waals surface area contributed by atoms with Gasteiger partial charge in [0.05, 0.1) is 11.4 Å². The Hall–Kier alpha value is -3.90. The van der Waals surface area contributed by atoms with Gasteiger partial charge in [0, 0.05) is 36.3 Å². The highest BCUT2D eigenvalue weighted by Crippen LogP contribution is 2.32. The second kappa shape index (κ2) is 14.3. The maximum atomic E-state index is 13.2. The van der Waals surface area contributed by atoms with Crippen LogP contribution in [0.4, 0.5) is 32.0 Å². The standard InChI is InChI=1S/C26H29F3N4O3.C3H5F3/c1-14(2)18-8-5-9-19-21(16-7-4-6-15(3)12-16)31-23(25(36)32-22(18)19)33-24(35)17(13-20(30)34)10-11-26(27,28)29;1-2-3(4,5)6/h4-9,12,14,17,23H,10-11,13H2,1-3H3,(H2,30,34)(H,32,36)(H,33,35);2H2,1H3. The largest absolute Gasteiger partial charge is 0.389 e. The van der Waals surface area contributed by atoms with Gasteiger partial charge in [0.1, 0.15) is 0 Å². The number of fused-ring (bicyclic) bond motifs is 1. The fourth-order valence-electron chi connectivity index (χ4n) is 4.12. The third kappa shape index (κ3) is 10.5. The summed E-state index contributed by atoms with van der Waals surface area (Å²) in [6, 6.07) is 13.0. The average Bonchev–Trinajstić information content (AvgIpc) is 3.01. The first kappa shape index (κ1) is 34.3. The molecule has 3 amide bonds. The van der Waals surface area contributed by atoms with Gasteiger partial charge in [-0.25, -0.2) is 4.99 Å². The van der Waals surface area contributed by atoms with Crippen molar-refractivity contribution in [3.63, 3.8) is 0 Å². The molecule has 1 aliphatic heterocycles. The molecule has 7 nitrogen and oxygen atoms in total. The number of primary amides is 1. The lowest BCUT2D eigenvalue weighted by molar-refractivity contribution is -0.143. The van der Waals surface area contributed by atoms with Gasteiger partial charge in [-0.3, -0.25) is 14.4 Å². The molecule has 4 N–H and O–H groups in total. The van der Waals surface area contributed by atoms with Crippen LogP contribution in [0.15, 0.2) is 47.5 Å². The van der Waals surface area contributed by atoms with Crippen molar-refractivity contribution in [2.45, 2.75) is 77.8 Å². The van der Waals surface area contributed by atoms with Gasteiger partial charge in [-0.2, -0.15) is 26.3 Å². The zero-order chi connectivity index (χ0) is 31.8. The number of alkyl halides is 6. The second-order valence-electron chi connectivity index (χ2n) is 10.2. The SMILES string of the molecule is CCC(F)(F)F.Cc1cccc(C2=NC(NC(=O)C(CCC(F)(F)F)CC(N)=O)C(=O)Nc3c2cccc3C(C)C)c1. The number of rotatable bonds is 8. The van der Waals surface area contributed by atoms with Crippen molar-refractivity contribution in [3.8, 4) is 0 Å². The van der Waals surface area contributed by atoms with Crippen LogP contribution in [0.25, 0.3) is 0 Å². The van der Waals surface area contributed by atoms with Crippen LogP contribution in [-0.2, 0) is 14.4 Å². The summed E-state index contributed by atoms with van der Waals surface area (Å²) >= 11 is 0. The molecule has 1 aliphatic rings. The molecule has 3 rings (SSSR count). The average molecular weight is 601 g/mol. The summed E-state index contributed by atoms with van der Waals surface area (Å²) in [5.74, 6) is -3.76. The number of carbonyl (C=O) groups is 3. The highest BCUT2D eigenvalue weighted by Gasteiger charge is 2.34. The van der Waals surface area contributed by atoms with Gasteiger partial charge in [-0.05, 0) is 30.9 Å². The third-order valence-electron chi connectivity index (χ3n) is 6.29. The van der Waals surface area contributed by atoms with E-state index in [0.29, 0.717) is 22.5 Å². The highest BCUT2D eigenvalue weighted by molar-refractivity contribution is 6.20. The number of hydrogen-bond acceptors (Lipinski definition) is 4. The van der Waals surface area contributed by atoms with Crippen molar-refractivity contribution in [1.29, 1.82) is 0 Å². The molecule has 2 atom stereocenters. The lowest BCUT2D eigenvalue weighted by Crippen LogP contribution is -2.45. The topological polar surface area (TPSA) is 114 Å². The van der Waals surface area contributed by atoms with E-state index < -0.39 is 67.8 Å². The minimum absolute atomic E-state index is 0.0625. The predicted octanol–water partition coefficient (Wildman–Crippen LogP) is 6.14. The molecule has 1 heterocycles. The minimum atomic E-state index is -4.51. The van der Waals surface area contributed by atoms with Crippen LogP contribution in [0.3, 0.4) is 0 Å². The maximum absolute atomic E-state index is 13.2. The molecule has 0 spiro atoms. The van der Waals surface area contributed by atoms with Crippen molar-refractivity contribution < 1.29 is 40.7 Å². The van der Waals surface area contributed by atoms with Crippen LogP contribution in [0, 0.1) is 12.8 Å². The molecule has 0 fully saturated rings. The van der Waals surface area contributed by atoms with Gasteiger partial charge < -0.3 is 16.4 Å². The summed E-state index contributed by atoms with van der Waals surface area (Å²) in [6.07, 6.45) is -13.1. The Balaban J connectivity index is 0.000000928. The van der Waals surface area contributed by atoms with E-state index in [1.165, 1.54) is 0 Å². The Morgan fingerprint density at radius 1 is 1.05 bits per heavy atom. The molecule has 0 aliphatic carbocycles. The number of aryl methyl sites for hydroxylation is 1. The van der Waals surface area contributed by atoms with Gasteiger partial charge in [-0.1, -0.05) is 62.7 Å². The van der Waals surface area contributed by atoms with E-state index in [0.717, 1.165) is 18.1 Å². The monoisotopic (exact) mass is 600 g/mol. The van der Waals surface area contributed by atoms with Crippen LogP contribution in [-0.4, -0.2) is 42.0 Å². The van der Waals surface area contributed by atoms with Gasteiger partial charge in [0.2, 0.25) is 18.0 Å². The molecule has 0 radical (unpaired) electrons. The van der Waals surface area contributed by atoms with Crippen LogP contribution in [0.2, 0.25) is 0 Å². The number of anilines is 1. The van der Waals surface area contributed by atoms with Crippen molar-refractivity contribution >= 4 is 29.1 Å². The Morgan fingerprint density at radius 2 is 1.67 bits per heavy atom. The zero-order valence-electron chi connectivity index (χ0n) is 23.6. The van der Waals surface area contributed by atoms with Crippen molar-refractivity contribution in [2.75, 3.05) is 5.32 Å². The van der Waals surface area contributed by atoms with E-state index in [-0.39, 0.29) is 5.92 Å². The second-order valence-corrected chi connectivity index (χ2v) is 10.2. The number of aliphatic imine (C=N–C) groups is 1. The van der Waals surface area contributed by atoms with Crippen LogP contribution >= 0.6 is 0 Å². The first-order chi connectivity index (χ1) is 19.4. The number of nitrogens with zero attached hydrogens (tertiary/aromatic N) is 1. The summed E-state index contributed by atoms with van der Waals surface area (Å²) in [5.41, 5.74) is 9.35. The third-order valence-corrected chi connectivity index (χ3v) is 6.29. The molecule has 230 valence electrons. The maximum Gasteiger partial charge on any atom is 0.389 e. The van der Waals surface area contributed by atoms with E-state index in [9.17, 15) is 40.7 Å². The van der Waals surface area contributed by atoms with Crippen molar-refractivity contribution in [1.82, 2.24) is 5.32 Å². The highest BCUT2D eigenvalue weighted by atomic mass is 19.4. The van der Waals surface area contributed by atoms with Crippen LogP contribution in [0.1, 0.15) is 74.6 Å². The molecule has 42 heavy (non-hydrogen) atoms. The van der Waals surface area contributed by atoms with Gasteiger partial charge in [0.25, 0.3) is 5.91 Å². The summed E-state index contributed by atoms with van der Waals surface area (Å²) in [7, 11) is 0. The van der Waals surface area contributed by atoms with Crippen molar-refractivity contribution in [3.05, 3.63) is 64.7 Å². The fourth-order valence-corrected chi connectivity index (χ4v) is 4.12. The van der Waals surface area contributed by atoms with E-state index in [4.69, 9.17) is 5.73 Å². The molecular formula is C29H34F6N4O3.